The number of nitrogens with one attached hydrogen (secondary N) is 2. The molecule has 0 aromatic carbocycles. The molecule has 2 heterocycles. The summed E-state index contributed by atoms with van der Waals surface area (Å²) in [5, 5.41) is 6.56. The third-order valence-electron chi connectivity index (χ3n) is 7.83. The number of furan rings is 1. The van der Waals surface area contributed by atoms with Crippen molar-refractivity contribution in [1.82, 2.24) is 15.5 Å². The molecule has 4 aliphatic carbocycles. The molecule has 5 fully saturated rings. The van der Waals surface area contributed by atoms with Crippen LogP contribution in [0.4, 0.5) is 0 Å². The first-order valence-electron chi connectivity index (χ1n) is 11.3. The molecule has 3 amide bonds. The maximum absolute atomic E-state index is 13.5. The number of piperidine rings is 1. The Balaban J connectivity index is 1.22. The molecule has 0 radical (unpaired) electrons. The monoisotopic (exact) mass is 413 g/mol. The molecule has 7 nitrogen and oxygen atoms in total. The lowest BCUT2D eigenvalue weighted by molar-refractivity contribution is -0.154. The average molecular weight is 414 g/mol. The van der Waals surface area contributed by atoms with Gasteiger partial charge in [0.2, 0.25) is 11.8 Å². The maximum Gasteiger partial charge on any atom is 0.289 e. The number of hydrogen-bond acceptors (Lipinski definition) is 4. The summed E-state index contributed by atoms with van der Waals surface area (Å²) in [4.78, 5) is 39.6. The quantitative estimate of drug-likeness (QED) is 0.793. The minimum Gasteiger partial charge on any atom is -0.459 e. The van der Waals surface area contributed by atoms with E-state index in [1.165, 1.54) is 12.7 Å². The van der Waals surface area contributed by atoms with Crippen LogP contribution in [0.1, 0.15) is 68.8 Å². The number of likely N-dealkylation sites (tertiary alicyclic amines) is 1. The van der Waals surface area contributed by atoms with Crippen LogP contribution in [-0.2, 0) is 9.59 Å². The van der Waals surface area contributed by atoms with Crippen LogP contribution in [0.25, 0.3) is 0 Å². The van der Waals surface area contributed by atoms with Crippen molar-refractivity contribution < 1.29 is 18.8 Å². The molecule has 1 aromatic rings. The summed E-state index contributed by atoms with van der Waals surface area (Å²) >= 11 is 0. The molecule has 4 atom stereocenters. The van der Waals surface area contributed by atoms with Gasteiger partial charge in [0.15, 0.2) is 5.76 Å². The first-order chi connectivity index (χ1) is 14.4. The van der Waals surface area contributed by atoms with E-state index in [4.69, 9.17) is 4.42 Å². The molecule has 4 bridgehead atoms. The van der Waals surface area contributed by atoms with Crippen LogP contribution in [0.5, 0.6) is 0 Å². The molecule has 162 valence electrons. The van der Waals surface area contributed by atoms with Crippen LogP contribution in [0.2, 0.25) is 0 Å². The second-order valence-electron chi connectivity index (χ2n) is 10.2. The fraction of sp³-hybridized carbons (Fsp3) is 0.696. The number of nitrogens with zero attached hydrogens (tertiary/aromatic N) is 1. The summed E-state index contributed by atoms with van der Waals surface area (Å²) in [5.74, 6) is 1.55. The van der Waals surface area contributed by atoms with Gasteiger partial charge < -0.3 is 20.0 Å². The number of rotatable bonds is 4. The lowest BCUT2D eigenvalue weighted by atomic mass is 9.46. The second kappa shape index (κ2) is 7.13. The van der Waals surface area contributed by atoms with E-state index in [2.05, 4.69) is 10.6 Å². The summed E-state index contributed by atoms with van der Waals surface area (Å²) in [6, 6.07) is 3.51. The number of hydrogen-bond donors (Lipinski definition) is 2. The Kier molecular flexibility index (Phi) is 4.67. The molecule has 30 heavy (non-hydrogen) atoms. The normalized spacial score (nSPS) is 35.3. The van der Waals surface area contributed by atoms with E-state index in [1.54, 1.807) is 24.0 Å². The molecule has 2 unspecified atom stereocenters. The molecule has 7 heteroatoms. The fourth-order valence-corrected chi connectivity index (χ4v) is 7.17. The Morgan fingerprint density at radius 2 is 1.80 bits per heavy atom. The topological polar surface area (TPSA) is 91.7 Å². The smallest absolute Gasteiger partial charge is 0.289 e. The van der Waals surface area contributed by atoms with Crippen molar-refractivity contribution in [3.05, 3.63) is 24.2 Å². The molecule has 1 saturated heterocycles. The Morgan fingerprint density at radius 1 is 1.10 bits per heavy atom. The van der Waals surface area contributed by atoms with Crippen LogP contribution >= 0.6 is 0 Å². The second-order valence-corrected chi connectivity index (χ2v) is 10.2. The van der Waals surface area contributed by atoms with E-state index < -0.39 is 0 Å². The minimum absolute atomic E-state index is 0.0149. The van der Waals surface area contributed by atoms with Gasteiger partial charge in [-0.05, 0) is 75.3 Å². The highest BCUT2D eigenvalue weighted by Crippen LogP contribution is 2.61. The summed E-state index contributed by atoms with van der Waals surface area (Å²) in [6.45, 7) is 2.83. The van der Waals surface area contributed by atoms with E-state index in [9.17, 15) is 14.4 Å². The molecule has 4 saturated carbocycles. The Bertz CT molecular complexity index is 827. The minimum atomic E-state index is -0.340. The summed E-state index contributed by atoms with van der Waals surface area (Å²) in [6.07, 6.45) is 8.95. The number of carbonyl (C=O) groups excluding carboxylic acids is 3. The van der Waals surface area contributed by atoms with Gasteiger partial charge in [0.05, 0.1) is 11.7 Å². The van der Waals surface area contributed by atoms with E-state index >= 15 is 0 Å². The van der Waals surface area contributed by atoms with Gasteiger partial charge in [-0.3, -0.25) is 14.4 Å². The standard InChI is InChI=1S/C23H31N3O4/c1-15(27)25-23-12-16-9-17(13-23)11-22(10-16,14-23)21(29)24-18-4-6-26(7-5-18)20(28)19-3-2-8-30-19/h2-3,8,16-18H,4-7,9-14H2,1H3,(H,24,29)(H,25,27)/t16-,17+,22?,23?. The Morgan fingerprint density at radius 3 is 2.40 bits per heavy atom. The molecule has 2 N–H and O–H groups in total. The van der Waals surface area contributed by atoms with Crippen molar-refractivity contribution in [3.8, 4) is 0 Å². The molecule has 5 aliphatic rings. The fourth-order valence-electron chi connectivity index (χ4n) is 7.17. The van der Waals surface area contributed by atoms with Gasteiger partial charge in [-0.15, -0.1) is 0 Å². The van der Waals surface area contributed by atoms with Gasteiger partial charge >= 0.3 is 0 Å². The van der Waals surface area contributed by atoms with E-state index in [0.717, 1.165) is 44.9 Å². The van der Waals surface area contributed by atoms with Crippen molar-refractivity contribution in [2.45, 2.75) is 69.9 Å². The first kappa shape index (κ1) is 19.6. The summed E-state index contributed by atoms with van der Waals surface area (Å²) < 4.78 is 5.22. The van der Waals surface area contributed by atoms with Crippen molar-refractivity contribution in [1.29, 1.82) is 0 Å². The third-order valence-corrected chi connectivity index (χ3v) is 7.83. The molecular formula is C23H31N3O4. The SMILES string of the molecule is CC(=O)NC12C[C@H]3C[C@@H](C1)CC(C(=O)NC1CCN(C(=O)c4ccco4)CC1)(C3)C2. The van der Waals surface area contributed by atoms with E-state index in [0.29, 0.717) is 30.7 Å². The predicted octanol–water partition coefficient (Wildman–Crippen LogP) is 2.48. The molecule has 0 spiro atoms. The van der Waals surface area contributed by atoms with Gasteiger partial charge in [-0.1, -0.05) is 0 Å². The summed E-state index contributed by atoms with van der Waals surface area (Å²) in [7, 11) is 0. The van der Waals surface area contributed by atoms with Crippen molar-refractivity contribution >= 4 is 17.7 Å². The largest absolute Gasteiger partial charge is 0.459 e. The van der Waals surface area contributed by atoms with Crippen LogP contribution < -0.4 is 10.6 Å². The molecule has 1 aromatic heterocycles. The summed E-state index contributed by atoms with van der Waals surface area (Å²) in [5.41, 5.74) is -0.528. The Labute approximate surface area is 176 Å². The molecular weight excluding hydrogens is 382 g/mol. The van der Waals surface area contributed by atoms with Crippen LogP contribution in [0, 0.1) is 17.3 Å². The lowest BCUT2D eigenvalue weighted by Gasteiger charge is -2.61. The van der Waals surface area contributed by atoms with E-state index in [1.807, 2.05) is 0 Å². The van der Waals surface area contributed by atoms with Gasteiger partial charge in [0.25, 0.3) is 5.91 Å². The van der Waals surface area contributed by atoms with Gasteiger partial charge in [0, 0.05) is 31.6 Å². The van der Waals surface area contributed by atoms with Crippen LogP contribution in [0.15, 0.2) is 22.8 Å². The van der Waals surface area contributed by atoms with Crippen molar-refractivity contribution in [3.63, 3.8) is 0 Å². The average Bonchev–Trinajstić information content (AvgIpc) is 3.20. The zero-order valence-electron chi connectivity index (χ0n) is 17.6. The van der Waals surface area contributed by atoms with Crippen LogP contribution in [-0.4, -0.2) is 47.3 Å². The molecule has 6 rings (SSSR count). The van der Waals surface area contributed by atoms with Crippen molar-refractivity contribution in [2.75, 3.05) is 13.1 Å². The highest BCUT2D eigenvalue weighted by molar-refractivity contribution is 5.91. The highest BCUT2D eigenvalue weighted by atomic mass is 16.3. The lowest BCUT2D eigenvalue weighted by Crippen LogP contribution is -2.66. The number of carbonyl (C=O) groups is 3. The predicted molar refractivity (Wildman–Crippen MR) is 109 cm³/mol. The van der Waals surface area contributed by atoms with Gasteiger partial charge in [-0.25, -0.2) is 0 Å². The highest BCUT2D eigenvalue weighted by Gasteiger charge is 2.61. The number of amides is 3. The Hall–Kier alpha value is -2.31. The zero-order chi connectivity index (χ0) is 20.9. The zero-order valence-corrected chi connectivity index (χ0v) is 17.6. The van der Waals surface area contributed by atoms with E-state index in [-0.39, 0.29) is 34.7 Å². The third kappa shape index (κ3) is 3.42. The maximum atomic E-state index is 13.5. The van der Waals surface area contributed by atoms with Gasteiger partial charge in [0.1, 0.15) is 0 Å². The first-order valence-corrected chi connectivity index (χ1v) is 11.3. The van der Waals surface area contributed by atoms with Crippen molar-refractivity contribution in [2.24, 2.45) is 17.3 Å². The van der Waals surface area contributed by atoms with Crippen LogP contribution in [0.3, 0.4) is 0 Å². The van der Waals surface area contributed by atoms with Gasteiger partial charge in [-0.2, -0.15) is 0 Å². The molecule has 1 aliphatic heterocycles.